The average molecular weight is 253 g/mol. The van der Waals surface area contributed by atoms with E-state index in [1.807, 2.05) is 0 Å². The Balaban J connectivity index is 2.04. The molecule has 1 aromatic heterocycles. The van der Waals surface area contributed by atoms with Gasteiger partial charge >= 0.3 is 0 Å². The molecule has 100 valence electrons. The third-order valence-corrected chi connectivity index (χ3v) is 3.63. The topological polar surface area (TPSA) is 117 Å². The first-order valence-electron chi connectivity index (χ1n) is 6.16. The highest BCUT2D eigenvalue weighted by Crippen LogP contribution is 2.31. The van der Waals surface area contributed by atoms with E-state index in [2.05, 4.69) is 27.4 Å². The molecule has 0 atom stereocenters. The van der Waals surface area contributed by atoms with Crippen LogP contribution in [-0.2, 0) is 0 Å². The predicted molar refractivity (Wildman–Crippen MR) is 65.7 cm³/mol. The van der Waals surface area contributed by atoms with E-state index in [4.69, 9.17) is 5.73 Å². The van der Waals surface area contributed by atoms with Gasteiger partial charge in [0.25, 0.3) is 5.91 Å². The van der Waals surface area contributed by atoms with E-state index in [0.717, 1.165) is 25.7 Å². The second-order valence-corrected chi connectivity index (χ2v) is 5.12. The summed E-state index contributed by atoms with van der Waals surface area (Å²) in [6.07, 6.45) is 3.55. The maximum atomic E-state index is 12.0. The Hall–Kier alpha value is -1.63. The predicted octanol–water partition coefficient (Wildman–Crippen LogP) is 0.0579. The van der Waals surface area contributed by atoms with Gasteiger partial charge in [-0.05, 0) is 31.6 Å². The molecule has 0 spiro atoms. The number of anilines is 1. The fourth-order valence-electron chi connectivity index (χ4n) is 2.31. The zero-order valence-corrected chi connectivity index (χ0v) is 10.4. The van der Waals surface area contributed by atoms with Crippen LogP contribution in [0.25, 0.3) is 0 Å². The number of nitrogens with zero attached hydrogens (tertiary/aromatic N) is 2. The quantitative estimate of drug-likeness (QED) is 0.607. The maximum absolute atomic E-state index is 12.0. The van der Waals surface area contributed by atoms with Crippen molar-refractivity contribution in [2.75, 3.05) is 12.3 Å². The fourth-order valence-corrected chi connectivity index (χ4v) is 2.31. The van der Waals surface area contributed by atoms with E-state index in [1.165, 1.54) is 0 Å². The molecule has 1 aromatic rings. The van der Waals surface area contributed by atoms with Gasteiger partial charge in [0, 0.05) is 0 Å². The Bertz CT molecular complexity index is 423. The SMILES string of the molecule is CC1CCC(CO)(NC(=O)c2nc(N)n[nH]2)CC1. The number of aliphatic hydroxyl groups is 1. The molecule has 18 heavy (non-hydrogen) atoms. The molecule has 0 aromatic carbocycles. The van der Waals surface area contributed by atoms with Crippen molar-refractivity contribution in [1.82, 2.24) is 20.5 Å². The smallest absolute Gasteiger partial charge is 0.289 e. The Kier molecular flexibility index (Phi) is 3.51. The molecule has 1 saturated carbocycles. The van der Waals surface area contributed by atoms with Crippen LogP contribution in [0.4, 0.5) is 5.95 Å². The van der Waals surface area contributed by atoms with Crippen LogP contribution in [0.2, 0.25) is 0 Å². The van der Waals surface area contributed by atoms with Crippen LogP contribution < -0.4 is 11.1 Å². The van der Waals surface area contributed by atoms with Gasteiger partial charge in [-0.15, -0.1) is 5.10 Å². The van der Waals surface area contributed by atoms with Crippen LogP contribution in [0.15, 0.2) is 0 Å². The summed E-state index contributed by atoms with van der Waals surface area (Å²) in [6.45, 7) is 2.12. The monoisotopic (exact) mass is 253 g/mol. The molecule has 5 N–H and O–H groups in total. The van der Waals surface area contributed by atoms with Crippen molar-refractivity contribution < 1.29 is 9.90 Å². The lowest BCUT2D eigenvalue weighted by molar-refractivity contribution is 0.0708. The number of H-pyrrole nitrogens is 1. The molecule has 1 aliphatic carbocycles. The molecule has 0 saturated heterocycles. The zero-order valence-electron chi connectivity index (χ0n) is 10.4. The third-order valence-electron chi connectivity index (χ3n) is 3.63. The molecule has 7 heteroatoms. The average Bonchev–Trinajstić information content (AvgIpc) is 2.79. The van der Waals surface area contributed by atoms with Gasteiger partial charge in [-0.2, -0.15) is 4.98 Å². The number of nitrogen functional groups attached to an aromatic ring is 1. The molecule has 1 amide bonds. The first-order chi connectivity index (χ1) is 8.54. The van der Waals surface area contributed by atoms with Crippen LogP contribution in [0.1, 0.15) is 43.2 Å². The van der Waals surface area contributed by atoms with Crippen LogP contribution in [0.3, 0.4) is 0 Å². The zero-order chi connectivity index (χ0) is 13.2. The first kappa shape index (κ1) is 12.8. The van der Waals surface area contributed by atoms with E-state index >= 15 is 0 Å². The Morgan fingerprint density at radius 3 is 2.78 bits per heavy atom. The van der Waals surface area contributed by atoms with E-state index in [-0.39, 0.29) is 24.3 Å². The standard InChI is InChI=1S/C11H19N5O2/c1-7-2-4-11(6-17,5-3-7)14-9(18)8-13-10(12)16-15-8/h7,17H,2-6H2,1H3,(H,14,18)(H3,12,13,15,16). The second kappa shape index (κ2) is 4.93. The summed E-state index contributed by atoms with van der Waals surface area (Å²) in [6, 6.07) is 0. The minimum atomic E-state index is -0.537. The van der Waals surface area contributed by atoms with Crippen molar-refractivity contribution in [3.8, 4) is 0 Å². The van der Waals surface area contributed by atoms with E-state index < -0.39 is 5.54 Å². The minimum absolute atomic E-state index is 0.0375. The summed E-state index contributed by atoms with van der Waals surface area (Å²) in [4.78, 5) is 15.7. The number of rotatable bonds is 3. The molecule has 1 heterocycles. The lowest BCUT2D eigenvalue weighted by atomic mass is 9.77. The van der Waals surface area contributed by atoms with Crippen LogP contribution >= 0.6 is 0 Å². The minimum Gasteiger partial charge on any atom is -0.394 e. The van der Waals surface area contributed by atoms with Crippen molar-refractivity contribution in [2.24, 2.45) is 5.92 Å². The highest BCUT2D eigenvalue weighted by molar-refractivity contribution is 5.91. The molecule has 0 bridgehead atoms. The second-order valence-electron chi connectivity index (χ2n) is 5.12. The van der Waals surface area contributed by atoms with Crippen molar-refractivity contribution >= 4 is 11.9 Å². The number of hydrogen-bond donors (Lipinski definition) is 4. The number of carbonyl (C=O) groups is 1. The molecule has 7 nitrogen and oxygen atoms in total. The summed E-state index contributed by atoms with van der Waals surface area (Å²) < 4.78 is 0. The number of hydrogen-bond acceptors (Lipinski definition) is 5. The normalized spacial score (nSPS) is 28.0. The van der Waals surface area contributed by atoms with Gasteiger partial charge in [0.2, 0.25) is 11.8 Å². The van der Waals surface area contributed by atoms with Gasteiger partial charge in [0.05, 0.1) is 12.1 Å². The third kappa shape index (κ3) is 2.61. The van der Waals surface area contributed by atoms with Crippen molar-refractivity contribution in [3.05, 3.63) is 5.82 Å². The number of nitrogens with two attached hydrogens (primary N) is 1. The Morgan fingerprint density at radius 2 is 2.28 bits per heavy atom. The van der Waals surface area contributed by atoms with Gasteiger partial charge < -0.3 is 16.2 Å². The lowest BCUT2D eigenvalue weighted by Gasteiger charge is -2.38. The summed E-state index contributed by atoms with van der Waals surface area (Å²) in [5.74, 6) is 0.389. The van der Waals surface area contributed by atoms with E-state index in [1.54, 1.807) is 0 Å². The Morgan fingerprint density at radius 1 is 1.61 bits per heavy atom. The Labute approximate surface area is 105 Å². The lowest BCUT2D eigenvalue weighted by Crippen LogP contribution is -2.53. The summed E-state index contributed by atoms with van der Waals surface area (Å²) >= 11 is 0. The summed E-state index contributed by atoms with van der Waals surface area (Å²) in [7, 11) is 0. The number of aromatic amines is 1. The summed E-state index contributed by atoms with van der Waals surface area (Å²) in [5, 5.41) is 18.5. The van der Waals surface area contributed by atoms with E-state index in [0.29, 0.717) is 5.92 Å². The molecule has 1 aliphatic rings. The number of nitrogens with one attached hydrogen (secondary N) is 2. The van der Waals surface area contributed by atoms with Crippen molar-refractivity contribution in [2.45, 2.75) is 38.1 Å². The fraction of sp³-hybridized carbons (Fsp3) is 0.727. The van der Waals surface area contributed by atoms with Crippen LogP contribution in [0, 0.1) is 5.92 Å². The molecule has 0 unspecified atom stereocenters. The van der Waals surface area contributed by atoms with Crippen LogP contribution in [0.5, 0.6) is 0 Å². The highest BCUT2D eigenvalue weighted by Gasteiger charge is 2.35. The van der Waals surface area contributed by atoms with Gasteiger partial charge in [-0.25, -0.2) is 0 Å². The highest BCUT2D eigenvalue weighted by atomic mass is 16.3. The first-order valence-corrected chi connectivity index (χ1v) is 6.16. The molecule has 2 rings (SSSR count). The van der Waals surface area contributed by atoms with Crippen LogP contribution in [-0.4, -0.2) is 38.3 Å². The molecular weight excluding hydrogens is 234 g/mol. The number of carbonyl (C=O) groups excluding carboxylic acids is 1. The van der Waals surface area contributed by atoms with Gasteiger partial charge in [-0.3, -0.25) is 9.89 Å². The maximum Gasteiger partial charge on any atom is 0.289 e. The molecule has 0 aliphatic heterocycles. The molecular formula is C11H19N5O2. The molecule has 0 radical (unpaired) electrons. The van der Waals surface area contributed by atoms with Crippen molar-refractivity contribution in [3.63, 3.8) is 0 Å². The van der Waals surface area contributed by atoms with Gasteiger partial charge in [0.1, 0.15) is 0 Å². The number of aliphatic hydroxyl groups excluding tert-OH is 1. The summed E-state index contributed by atoms with van der Waals surface area (Å²) in [5.41, 5.74) is 4.81. The number of aromatic nitrogens is 3. The molecule has 1 fully saturated rings. The van der Waals surface area contributed by atoms with Gasteiger partial charge in [0.15, 0.2) is 0 Å². The largest absolute Gasteiger partial charge is 0.394 e. The van der Waals surface area contributed by atoms with Gasteiger partial charge in [-0.1, -0.05) is 6.92 Å². The number of amides is 1. The van der Waals surface area contributed by atoms with Crippen molar-refractivity contribution in [1.29, 1.82) is 0 Å². The van der Waals surface area contributed by atoms with E-state index in [9.17, 15) is 9.90 Å².